The fourth-order valence-electron chi connectivity index (χ4n) is 2.64. The van der Waals surface area contributed by atoms with Gasteiger partial charge in [0.25, 0.3) is 0 Å². The van der Waals surface area contributed by atoms with Crippen LogP contribution < -0.4 is 20.1 Å². The first-order valence-electron chi connectivity index (χ1n) is 7.83. The Labute approximate surface area is 134 Å². The van der Waals surface area contributed by atoms with E-state index in [4.69, 9.17) is 9.47 Å². The average molecular weight is 316 g/mol. The molecule has 0 aromatic heterocycles. The van der Waals surface area contributed by atoms with Gasteiger partial charge >= 0.3 is 0 Å². The second-order valence-corrected chi connectivity index (χ2v) is 5.58. The van der Waals surface area contributed by atoms with Gasteiger partial charge < -0.3 is 20.1 Å². The van der Waals surface area contributed by atoms with Gasteiger partial charge in [-0.3, -0.25) is 9.59 Å². The normalized spacial score (nSPS) is 23.2. The molecule has 1 aromatic carbocycles. The first kappa shape index (κ1) is 15.4. The number of rotatable bonds is 1. The Morgan fingerprint density at radius 1 is 1.00 bits per heavy atom. The summed E-state index contributed by atoms with van der Waals surface area (Å²) < 4.78 is 10.7. The number of amides is 2. The van der Waals surface area contributed by atoms with Crippen molar-refractivity contribution in [2.45, 2.75) is 31.7 Å². The second kappa shape index (κ2) is 7.17. The molecule has 1 aromatic rings. The maximum Gasteiger partial charge on any atom is 0.231 e. The van der Waals surface area contributed by atoms with E-state index in [0.717, 1.165) is 17.7 Å². The summed E-state index contributed by atoms with van der Waals surface area (Å²) in [6.07, 6.45) is 5.93. The van der Waals surface area contributed by atoms with E-state index >= 15 is 0 Å². The lowest BCUT2D eigenvalue weighted by atomic mass is 10.0. The Bertz CT molecular complexity index is 627. The summed E-state index contributed by atoms with van der Waals surface area (Å²) in [5.41, 5.74) is 0.966. The van der Waals surface area contributed by atoms with Crippen molar-refractivity contribution in [2.24, 2.45) is 0 Å². The van der Waals surface area contributed by atoms with E-state index in [9.17, 15) is 9.59 Å². The van der Waals surface area contributed by atoms with Gasteiger partial charge in [0.1, 0.15) is 0 Å². The first-order valence-corrected chi connectivity index (χ1v) is 7.83. The van der Waals surface area contributed by atoms with Crippen molar-refractivity contribution in [1.82, 2.24) is 10.6 Å². The van der Waals surface area contributed by atoms with E-state index in [1.807, 2.05) is 30.4 Å². The zero-order valence-corrected chi connectivity index (χ0v) is 12.8. The SMILES string of the molecule is O=C1CCC(=O)N[C@H](c2ccc3c(c2)OCO3)C/C=C\CCN1. The summed E-state index contributed by atoms with van der Waals surface area (Å²) in [4.78, 5) is 23.7. The molecular formula is C17H20N2O4. The largest absolute Gasteiger partial charge is 0.454 e. The van der Waals surface area contributed by atoms with Gasteiger partial charge in [0.05, 0.1) is 6.04 Å². The lowest BCUT2D eigenvalue weighted by molar-refractivity contribution is -0.126. The van der Waals surface area contributed by atoms with Gasteiger partial charge in [0.15, 0.2) is 11.5 Å². The van der Waals surface area contributed by atoms with Gasteiger partial charge in [-0.1, -0.05) is 18.2 Å². The fourth-order valence-corrected chi connectivity index (χ4v) is 2.64. The van der Waals surface area contributed by atoms with Gasteiger partial charge in [-0.05, 0) is 30.5 Å². The highest BCUT2D eigenvalue weighted by Gasteiger charge is 2.19. The van der Waals surface area contributed by atoms with Crippen LogP contribution in [-0.4, -0.2) is 25.2 Å². The molecule has 6 heteroatoms. The van der Waals surface area contributed by atoms with E-state index in [1.54, 1.807) is 0 Å². The molecular weight excluding hydrogens is 296 g/mol. The van der Waals surface area contributed by atoms with Crippen molar-refractivity contribution in [1.29, 1.82) is 0 Å². The van der Waals surface area contributed by atoms with Crippen LogP contribution >= 0.6 is 0 Å². The maximum atomic E-state index is 12.1. The Morgan fingerprint density at radius 3 is 2.74 bits per heavy atom. The van der Waals surface area contributed by atoms with Crippen LogP contribution in [0, 0.1) is 0 Å². The first-order chi connectivity index (χ1) is 11.2. The number of hydrogen-bond donors (Lipinski definition) is 2. The van der Waals surface area contributed by atoms with Crippen LogP contribution in [0.1, 0.15) is 37.3 Å². The summed E-state index contributed by atoms with van der Waals surface area (Å²) in [5.74, 6) is 1.21. The molecule has 0 saturated heterocycles. The van der Waals surface area contributed by atoms with Gasteiger partial charge in [-0.25, -0.2) is 0 Å². The van der Waals surface area contributed by atoms with Crippen molar-refractivity contribution in [2.75, 3.05) is 13.3 Å². The van der Waals surface area contributed by atoms with E-state index in [0.29, 0.717) is 18.7 Å². The molecule has 0 fully saturated rings. The zero-order chi connectivity index (χ0) is 16.1. The molecule has 2 heterocycles. The molecule has 122 valence electrons. The molecule has 23 heavy (non-hydrogen) atoms. The minimum atomic E-state index is -0.143. The van der Waals surface area contributed by atoms with Crippen LogP contribution in [0.3, 0.4) is 0 Å². The summed E-state index contributed by atoms with van der Waals surface area (Å²) in [5, 5.41) is 5.79. The monoisotopic (exact) mass is 316 g/mol. The summed E-state index contributed by atoms with van der Waals surface area (Å²) >= 11 is 0. The number of carbonyl (C=O) groups excluding carboxylic acids is 2. The minimum Gasteiger partial charge on any atom is -0.454 e. The molecule has 0 bridgehead atoms. The van der Waals surface area contributed by atoms with Crippen LogP contribution in [0.4, 0.5) is 0 Å². The molecule has 0 unspecified atom stereocenters. The van der Waals surface area contributed by atoms with Crippen LogP contribution in [0.5, 0.6) is 11.5 Å². The molecule has 1 atom stereocenters. The Morgan fingerprint density at radius 2 is 1.83 bits per heavy atom. The molecule has 2 N–H and O–H groups in total. The van der Waals surface area contributed by atoms with Crippen LogP contribution in [0.15, 0.2) is 30.4 Å². The van der Waals surface area contributed by atoms with E-state index in [1.165, 1.54) is 0 Å². The molecule has 2 aliphatic heterocycles. The number of benzene rings is 1. The zero-order valence-electron chi connectivity index (χ0n) is 12.8. The number of fused-ring (bicyclic) bond motifs is 1. The number of ether oxygens (including phenoxy) is 2. The fraction of sp³-hybridized carbons (Fsp3) is 0.412. The highest BCUT2D eigenvalue weighted by Crippen LogP contribution is 2.34. The maximum absolute atomic E-state index is 12.1. The minimum absolute atomic E-state index is 0.0891. The highest BCUT2D eigenvalue weighted by atomic mass is 16.7. The Hall–Kier alpha value is -2.50. The predicted molar refractivity (Wildman–Crippen MR) is 84.1 cm³/mol. The highest BCUT2D eigenvalue weighted by molar-refractivity contribution is 5.83. The average Bonchev–Trinajstić information content (AvgIpc) is 3.01. The predicted octanol–water partition coefficient (Wildman–Crippen LogP) is 1.82. The summed E-state index contributed by atoms with van der Waals surface area (Å²) in [6.45, 7) is 0.830. The smallest absolute Gasteiger partial charge is 0.231 e. The topological polar surface area (TPSA) is 76.7 Å². The second-order valence-electron chi connectivity index (χ2n) is 5.58. The number of hydrogen-bond acceptors (Lipinski definition) is 4. The van der Waals surface area contributed by atoms with Crippen molar-refractivity contribution in [3.8, 4) is 11.5 Å². The third kappa shape index (κ3) is 4.03. The third-order valence-electron chi connectivity index (χ3n) is 3.88. The van der Waals surface area contributed by atoms with E-state index < -0.39 is 0 Å². The van der Waals surface area contributed by atoms with Gasteiger partial charge in [0.2, 0.25) is 18.6 Å². The number of nitrogens with one attached hydrogen (secondary N) is 2. The van der Waals surface area contributed by atoms with Gasteiger partial charge in [0, 0.05) is 19.4 Å². The molecule has 0 radical (unpaired) electrons. The van der Waals surface area contributed by atoms with Crippen LogP contribution in [0.25, 0.3) is 0 Å². The van der Waals surface area contributed by atoms with E-state index in [-0.39, 0.29) is 37.5 Å². The molecule has 2 amide bonds. The third-order valence-corrected chi connectivity index (χ3v) is 3.88. The Kier molecular flexibility index (Phi) is 4.80. The lowest BCUT2D eigenvalue weighted by Crippen LogP contribution is -2.31. The molecule has 6 nitrogen and oxygen atoms in total. The Balaban J connectivity index is 1.77. The van der Waals surface area contributed by atoms with Crippen LogP contribution in [0.2, 0.25) is 0 Å². The molecule has 3 rings (SSSR count). The van der Waals surface area contributed by atoms with Crippen molar-refractivity contribution in [3.05, 3.63) is 35.9 Å². The number of carbonyl (C=O) groups is 2. The van der Waals surface area contributed by atoms with Gasteiger partial charge in [-0.15, -0.1) is 0 Å². The molecule has 0 aliphatic carbocycles. The van der Waals surface area contributed by atoms with E-state index in [2.05, 4.69) is 10.6 Å². The lowest BCUT2D eigenvalue weighted by Gasteiger charge is -2.19. The summed E-state index contributed by atoms with van der Waals surface area (Å²) in [7, 11) is 0. The molecule has 0 saturated carbocycles. The molecule has 2 aliphatic rings. The van der Waals surface area contributed by atoms with Crippen molar-refractivity contribution in [3.63, 3.8) is 0 Å². The quantitative estimate of drug-likeness (QED) is 0.775. The van der Waals surface area contributed by atoms with Gasteiger partial charge in [-0.2, -0.15) is 0 Å². The summed E-state index contributed by atoms with van der Waals surface area (Å²) in [6, 6.07) is 5.55. The van der Waals surface area contributed by atoms with Crippen molar-refractivity contribution < 1.29 is 19.1 Å². The molecule has 0 spiro atoms. The standard InChI is InChI=1S/C17H20N2O4/c20-16-7-8-17(21)19-13(4-2-1-3-9-18-16)12-5-6-14-15(10-12)23-11-22-14/h1-2,5-6,10,13H,3-4,7-9,11H2,(H,18,20)(H,19,21)/b2-1-/t13-/m0/s1. The van der Waals surface area contributed by atoms with Crippen molar-refractivity contribution >= 4 is 11.8 Å². The van der Waals surface area contributed by atoms with Crippen LogP contribution in [-0.2, 0) is 9.59 Å².